The first-order chi connectivity index (χ1) is 11.1. The Kier molecular flexibility index (Phi) is 3.98. The lowest BCUT2D eigenvalue weighted by Gasteiger charge is -2.13. The van der Waals surface area contributed by atoms with Crippen molar-refractivity contribution in [3.8, 4) is 5.69 Å². The number of benzene rings is 2. The maximum absolute atomic E-state index is 12.5. The zero-order chi connectivity index (χ0) is 16.4. The molecule has 0 amide bonds. The summed E-state index contributed by atoms with van der Waals surface area (Å²) in [7, 11) is 0. The predicted octanol–water partition coefficient (Wildman–Crippen LogP) is 2.66. The smallest absolute Gasteiger partial charge is 0.305 e. The number of hydrogen-bond acceptors (Lipinski definition) is 2. The Labute approximate surface area is 134 Å². The van der Waals surface area contributed by atoms with Gasteiger partial charge >= 0.3 is 11.1 Å². The van der Waals surface area contributed by atoms with Crippen molar-refractivity contribution in [3.05, 3.63) is 98.3 Å². The van der Waals surface area contributed by atoms with E-state index >= 15 is 0 Å². The van der Waals surface area contributed by atoms with Gasteiger partial charge in [0.2, 0.25) is 0 Å². The first kappa shape index (κ1) is 15.0. The molecule has 0 atom stereocenters. The third kappa shape index (κ3) is 2.88. The van der Waals surface area contributed by atoms with Crippen LogP contribution in [0.3, 0.4) is 0 Å². The molecule has 0 spiro atoms. The van der Waals surface area contributed by atoms with E-state index < -0.39 is 11.1 Å². The number of aryl methyl sites for hydroxylation is 2. The van der Waals surface area contributed by atoms with Crippen LogP contribution in [0.1, 0.15) is 16.7 Å². The Morgan fingerprint density at radius 3 is 2.09 bits per heavy atom. The fraction of sp³-hybridized carbons (Fsp3) is 0.158. The summed E-state index contributed by atoms with van der Waals surface area (Å²) in [6, 6.07) is 15.4. The molecular formula is C19H18N2O2. The molecule has 1 aromatic heterocycles. The quantitative estimate of drug-likeness (QED) is 0.698. The van der Waals surface area contributed by atoms with Crippen molar-refractivity contribution >= 4 is 0 Å². The molecule has 0 aliphatic carbocycles. The first-order valence-electron chi connectivity index (χ1n) is 7.50. The van der Waals surface area contributed by atoms with Crippen molar-refractivity contribution in [1.29, 1.82) is 0 Å². The number of rotatable bonds is 3. The summed E-state index contributed by atoms with van der Waals surface area (Å²) < 4.78 is 2.89. The largest absolute Gasteiger partial charge is 0.321 e. The Hall–Kier alpha value is -2.88. The summed E-state index contributed by atoms with van der Waals surface area (Å²) in [4.78, 5) is 24.9. The van der Waals surface area contributed by atoms with E-state index in [4.69, 9.17) is 0 Å². The highest BCUT2D eigenvalue weighted by molar-refractivity contribution is 5.46. The molecule has 0 N–H and O–H groups in total. The molecule has 4 nitrogen and oxygen atoms in total. The summed E-state index contributed by atoms with van der Waals surface area (Å²) in [6.45, 7) is 4.26. The summed E-state index contributed by atoms with van der Waals surface area (Å²) in [6.07, 6.45) is 3.34. The predicted molar refractivity (Wildman–Crippen MR) is 91.3 cm³/mol. The first-order valence-corrected chi connectivity index (χ1v) is 7.50. The van der Waals surface area contributed by atoms with Crippen molar-refractivity contribution < 1.29 is 0 Å². The van der Waals surface area contributed by atoms with Gasteiger partial charge in [0.05, 0.1) is 12.2 Å². The van der Waals surface area contributed by atoms with E-state index in [0.29, 0.717) is 6.54 Å². The molecule has 0 aliphatic heterocycles. The molecule has 3 aromatic rings. The fourth-order valence-electron chi connectivity index (χ4n) is 2.77. The molecule has 2 aromatic carbocycles. The van der Waals surface area contributed by atoms with E-state index in [-0.39, 0.29) is 0 Å². The summed E-state index contributed by atoms with van der Waals surface area (Å²) in [5, 5.41) is 0. The van der Waals surface area contributed by atoms with E-state index in [1.807, 2.05) is 62.4 Å². The topological polar surface area (TPSA) is 44.0 Å². The van der Waals surface area contributed by atoms with Crippen LogP contribution in [-0.2, 0) is 6.54 Å². The third-order valence-electron chi connectivity index (χ3n) is 3.93. The van der Waals surface area contributed by atoms with Gasteiger partial charge in [-0.3, -0.25) is 14.2 Å². The lowest BCUT2D eigenvalue weighted by atomic mass is 10.1. The molecule has 116 valence electrons. The van der Waals surface area contributed by atoms with Crippen LogP contribution in [-0.4, -0.2) is 9.13 Å². The van der Waals surface area contributed by atoms with Crippen molar-refractivity contribution in [2.45, 2.75) is 20.4 Å². The maximum atomic E-state index is 12.5. The molecule has 0 bridgehead atoms. The Balaban J connectivity index is 2.09. The standard InChI is InChI=1S/C19H18N2O2/c1-14-7-6-8-15(2)17(14)21-12-11-20(18(22)19(21)23)13-16-9-4-3-5-10-16/h3-12H,13H2,1-2H3. The zero-order valence-corrected chi connectivity index (χ0v) is 13.2. The molecule has 0 fully saturated rings. The molecule has 3 rings (SSSR count). The van der Waals surface area contributed by atoms with Crippen LogP contribution in [0.25, 0.3) is 5.69 Å². The minimum atomic E-state index is -0.527. The monoisotopic (exact) mass is 306 g/mol. The number of para-hydroxylation sites is 1. The van der Waals surface area contributed by atoms with Gasteiger partial charge in [-0.2, -0.15) is 0 Å². The van der Waals surface area contributed by atoms with E-state index in [2.05, 4.69) is 0 Å². The highest BCUT2D eigenvalue weighted by Gasteiger charge is 2.10. The van der Waals surface area contributed by atoms with Crippen LogP contribution in [0.4, 0.5) is 0 Å². The molecule has 0 saturated carbocycles. The molecule has 0 radical (unpaired) electrons. The van der Waals surface area contributed by atoms with E-state index in [1.54, 1.807) is 12.4 Å². The van der Waals surface area contributed by atoms with Gasteiger partial charge in [-0.25, -0.2) is 0 Å². The van der Waals surface area contributed by atoms with Gasteiger partial charge < -0.3 is 4.57 Å². The van der Waals surface area contributed by atoms with Crippen molar-refractivity contribution in [2.75, 3.05) is 0 Å². The lowest BCUT2D eigenvalue weighted by Crippen LogP contribution is -2.40. The Bertz CT molecular complexity index is 933. The van der Waals surface area contributed by atoms with Crippen LogP contribution < -0.4 is 11.1 Å². The zero-order valence-electron chi connectivity index (χ0n) is 13.2. The summed E-state index contributed by atoms with van der Waals surface area (Å²) in [5.41, 5.74) is 2.65. The van der Waals surface area contributed by atoms with Gasteiger partial charge in [0.1, 0.15) is 0 Å². The lowest BCUT2D eigenvalue weighted by molar-refractivity contribution is 0.716. The van der Waals surface area contributed by atoms with Gasteiger partial charge in [-0.05, 0) is 30.5 Å². The Morgan fingerprint density at radius 2 is 1.43 bits per heavy atom. The van der Waals surface area contributed by atoms with Crippen molar-refractivity contribution in [3.63, 3.8) is 0 Å². The highest BCUT2D eigenvalue weighted by Crippen LogP contribution is 2.16. The van der Waals surface area contributed by atoms with Crippen molar-refractivity contribution in [1.82, 2.24) is 9.13 Å². The van der Waals surface area contributed by atoms with Gasteiger partial charge in [-0.15, -0.1) is 0 Å². The molecule has 1 heterocycles. The van der Waals surface area contributed by atoms with Crippen LogP contribution >= 0.6 is 0 Å². The van der Waals surface area contributed by atoms with Crippen LogP contribution in [0.5, 0.6) is 0 Å². The highest BCUT2D eigenvalue weighted by atomic mass is 16.2. The number of hydrogen-bond donors (Lipinski definition) is 0. The average Bonchev–Trinajstić information content (AvgIpc) is 2.55. The van der Waals surface area contributed by atoms with Crippen LogP contribution in [0.2, 0.25) is 0 Å². The fourth-order valence-corrected chi connectivity index (χ4v) is 2.77. The minimum Gasteiger partial charge on any atom is -0.305 e. The molecule has 23 heavy (non-hydrogen) atoms. The second-order valence-corrected chi connectivity index (χ2v) is 5.63. The third-order valence-corrected chi connectivity index (χ3v) is 3.93. The summed E-state index contributed by atoms with van der Waals surface area (Å²) >= 11 is 0. The van der Waals surface area contributed by atoms with Gasteiger partial charge in [0.15, 0.2) is 0 Å². The van der Waals surface area contributed by atoms with Crippen molar-refractivity contribution in [2.24, 2.45) is 0 Å². The Morgan fingerprint density at radius 1 is 0.783 bits per heavy atom. The van der Waals surface area contributed by atoms with Crippen LogP contribution in [0, 0.1) is 13.8 Å². The van der Waals surface area contributed by atoms with E-state index in [1.165, 1.54) is 9.13 Å². The maximum Gasteiger partial charge on any atom is 0.321 e. The summed E-state index contributed by atoms with van der Waals surface area (Å²) in [5.74, 6) is 0. The molecule has 0 unspecified atom stereocenters. The molecule has 4 heteroatoms. The minimum absolute atomic E-state index is 0.391. The average molecular weight is 306 g/mol. The normalized spacial score (nSPS) is 10.7. The second kappa shape index (κ2) is 6.08. The van der Waals surface area contributed by atoms with Gasteiger partial charge in [0.25, 0.3) is 0 Å². The molecule has 0 aliphatic rings. The SMILES string of the molecule is Cc1cccc(C)c1-n1ccn(Cc2ccccc2)c(=O)c1=O. The second-order valence-electron chi connectivity index (χ2n) is 5.63. The van der Waals surface area contributed by atoms with Crippen LogP contribution in [0.15, 0.2) is 70.5 Å². The molecular weight excluding hydrogens is 288 g/mol. The number of nitrogens with zero attached hydrogens (tertiary/aromatic N) is 2. The van der Waals surface area contributed by atoms with Gasteiger partial charge in [-0.1, -0.05) is 48.5 Å². The van der Waals surface area contributed by atoms with Gasteiger partial charge in [0, 0.05) is 12.4 Å². The molecule has 0 saturated heterocycles. The van der Waals surface area contributed by atoms with E-state index in [0.717, 1.165) is 22.4 Å². The van der Waals surface area contributed by atoms with E-state index in [9.17, 15) is 9.59 Å². The number of aromatic nitrogens is 2.